The molecular weight excluding hydrogens is 1670 g/mol. The number of rotatable bonds is 57. The second-order valence-electron chi connectivity index (χ2n) is 30.4. The molecule has 0 aromatic carbocycles. The van der Waals surface area contributed by atoms with Crippen LogP contribution in [0.3, 0.4) is 0 Å². The molecule has 128 heavy (non-hydrogen) atoms. The zero-order chi connectivity index (χ0) is 92.4. The van der Waals surface area contributed by atoms with E-state index in [1.807, 2.05) is 52.8 Å². The maximum Gasteiger partial charge on any atom is 0.330 e. The Morgan fingerprint density at radius 2 is 1.07 bits per heavy atom. The Labute approximate surface area is 743 Å². The summed E-state index contributed by atoms with van der Waals surface area (Å²) in [6.45, 7) is 22.4. The highest BCUT2D eigenvalue weighted by Crippen LogP contribution is 2.45. The van der Waals surface area contributed by atoms with Crippen LogP contribution < -0.4 is 21.3 Å². The molecule has 40 heteroatoms. The van der Waals surface area contributed by atoms with Crippen LogP contribution in [-0.4, -0.2) is 368 Å². The van der Waals surface area contributed by atoms with Crippen LogP contribution >= 0.6 is 0 Å². The van der Waals surface area contributed by atoms with Gasteiger partial charge in [-0.2, -0.15) is 0 Å². The largest absolute Gasteiger partial charge is 0.481 e. The first-order valence-corrected chi connectivity index (χ1v) is 43.3. The monoisotopic (exact) mass is 1790 g/mol. The molecule has 8 bridgehead atoms. The quantitative estimate of drug-likeness (QED) is 0.0204. The molecule has 9 heterocycles. The highest BCUT2D eigenvalue weighted by atomic mass is 16.6. The molecule has 0 aliphatic carbocycles. The topological polar surface area (TPSA) is 495 Å². The summed E-state index contributed by atoms with van der Waals surface area (Å²) in [5.74, 6) is -7.11. The molecule has 1 saturated heterocycles. The number of likely N-dealkylation sites (N-methyl/N-ethyl adjacent to an activating group) is 1. The highest BCUT2D eigenvalue weighted by molar-refractivity contribution is 6.23. The molecule has 1 fully saturated rings. The minimum absolute atomic E-state index is 0.00353. The van der Waals surface area contributed by atoms with Crippen LogP contribution in [0.1, 0.15) is 152 Å². The number of aliphatic carboxylic acids is 1. The summed E-state index contributed by atoms with van der Waals surface area (Å²) in [4.78, 5) is 188. The SMILES string of the molecule is CCC1=C(C)c2cc3nc(cc4[nH]c(c5c6[nH]c(cc1n2)c(C)c6C(=O)N(CCN1CCOCC1)C5=O)[C@@H](CCC(=O)N(C)CCNC(=O)[C@H](C)NC(=O)[C@H](C)NC(=O)CCOCCOCCOCCOCCOCCOCCOCCOCCNC(=O)CCN1C(=O)C=CC1=O)[C@@H]4C)C(C)=C3/C=C/C(=O)OCCOCCOCCO.O=C(O)CCN1C(=O)C=CC1=O. The molecule has 11 amide bonds. The van der Waals surface area contributed by atoms with Gasteiger partial charge in [0, 0.05) is 150 Å². The number of fused-ring (bicyclic) bond motifs is 8. The average molecular weight is 1800 g/mol. The Hall–Kier alpha value is -10.7. The third kappa shape index (κ3) is 32.2. The number of morpholine rings is 1. The third-order valence-electron chi connectivity index (χ3n) is 21.5. The van der Waals surface area contributed by atoms with Gasteiger partial charge in [0.05, 0.1) is 198 Å². The number of imide groups is 3. The van der Waals surface area contributed by atoms with E-state index in [4.69, 9.17) is 77.0 Å². The zero-order valence-electron chi connectivity index (χ0n) is 74.3. The van der Waals surface area contributed by atoms with Gasteiger partial charge < -0.3 is 103 Å². The van der Waals surface area contributed by atoms with E-state index in [1.54, 1.807) is 13.1 Å². The van der Waals surface area contributed by atoms with Crippen molar-refractivity contribution in [2.75, 3.05) is 225 Å². The Balaban J connectivity index is 0.00000155. The third-order valence-corrected chi connectivity index (χ3v) is 21.5. The number of ether oxygens (including phenoxy) is 12. The Morgan fingerprint density at radius 1 is 0.555 bits per heavy atom. The van der Waals surface area contributed by atoms with E-state index in [2.05, 4.69) is 36.1 Å². The molecular formula is C88H123N13O27. The van der Waals surface area contributed by atoms with Crippen molar-refractivity contribution in [2.45, 2.75) is 111 Å². The van der Waals surface area contributed by atoms with Crippen LogP contribution in [0, 0.1) is 6.92 Å². The fourth-order valence-electron chi connectivity index (χ4n) is 14.2. The van der Waals surface area contributed by atoms with Gasteiger partial charge in [0.1, 0.15) is 18.7 Å². The van der Waals surface area contributed by atoms with Crippen molar-refractivity contribution < 1.29 is 129 Å². The average Bonchev–Trinajstić information content (AvgIpc) is 1.56. The van der Waals surface area contributed by atoms with Crippen LogP contribution in [-0.2, 0) is 110 Å². The van der Waals surface area contributed by atoms with Crippen molar-refractivity contribution in [1.82, 2.24) is 65.7 Å². The number of aliphatic hydroxyl groups excluding tert-OH is 1. The number of hydrogen-bond donors (Lipinski definition) is 8. The maximum absolute atomic E-state index is 15.5. The zero-order valence-corrected chi connectivity index (χ0v) is 74.3. The van der Waals surface area contributed by atoms with Crippen LogP contribution in [0.5, 0.6) is 0 Å². The number of carbonyl (C=O) groups excluding carboxylic acids is 12. The summed E-state index contributed by atoms with van der Waals surface area (Å²) < 4.78 is 65.9. The summed E-state index contributed by atoms with van der Waals surface area (Å²) in [6.07, 6.45) is 8.35. The number of aromatic nitrogens is 4. The second kappa shape index (κ2) is 54.6. The number of H-pyrrole nitrogens is 2. The van der Waals surface area contributed by atoms with Gasteiger partial charge in [0.25, 0.3) is 35.4 Å². The van der Waals surface area contributed by atoms with E-state index < -0.39 is 83.1 Å². The van der Waals surface area contributed by atoms with Crippen LogP contribution in [0.2, 0.25) is 0 Å². The molecule has 2 aromatic rings. The van der Waals surface area contributed by atoms with E-state index in [-0.39, 0.29) is 148 Å². The number of allylic oxidation sites excluding steroid dienone is 5. The van der Waals surface area contributed by atoms with Gasteiger partial charge in [-0.3, -0.25) is 77.1 Å². The van der Waals surface area contributed by atoms with Crippen molar-refractivity contribution in [1.29, 1.82) is 0 Å². The number of aliphatic hydroxyl groups is 1. The van der Waals surface area contributed by atoms with Crippen LogP contribution in [0.15, 0.2) is 54.7 Å². The van der Waals surface area contributed by atoms with Gasteiger partial charge >= 0.3 is 11.9 Å². The molecule has 0 unspecified atom stereocenters. The lowest BCUT2D eigenvalue weighted by Crippen LogP contribution is -2.52. The molecule has 2 aromatic heterocycles. The molecule has 702 valence electrons. The van der Waals surface area contributed by atoms with Gasteiger partial charge in [-0.05, 0) is 94.0 Å². The summed E-state index contributed by atoms with van der Waals surface area (Å²) in [7, 11) is 1.63. The number of nitrogens with zero attached hydrogens (tertiary/aromatic N) is 7. The first kappa shape index (κ1) is 103. The number of nitrogens with one attached hydrogen (secondary N) is 6. The number of hydrogen-bond acceptors (Lipinski definition) is 29. The van der Waals surface area contributed by atoms with Gasteiger partial charge in [-0.15, -0.1) is 0 Å². The number of carbonyl (C=O) groups is 13. The maximum atomic E-state index is 15.5. The first-order valence-electron chi connectivity index (χ1n) is 43.3. The number of carboxylic acid groups (broad SMARTS) is 1. The predicted molar refractivity (Wildman–Crippen MR) is 463 cm³/mol. The molecule has 40 nitrogen and oxygen atoms in total. The normalized spacial score (nSPS) is 16.4. The molecule has 0 radical (unpaired) electrons. The van der Waals surface area contributed by atoms with Crippen molar-refractivity contribution in [3.8, 4) is 0 Å². The second-order valence-corrected chi connectivity index (χ2v) is 30.4. The van der Waals surface area contributed by atoms with Gasteiger partial charge in [-0.25, -0.2) is 14.8 Å². The lowest BCUT2D eigenvalue weighted by Gasteiger charge is -2.31. The number of esters is 1. The number of carboxylic acids is 1. The molecule has 4 atom stereocenters. The van der Waals surface area contributed by atoms with E-state index >= 15 is 4.79 Å². The number of aromatic amines is 2. The summed E-state index contributed by atoms with van der Waals surface area (Å²) in [5.41, 5.74) is 9.26. The summed E-state index contributed by atoms with van der Waals surface area (Å²) in [5, 5.41) is 28.0. The summed E-state index contributed by atoms with van der Waals surface area (Å²) in [6, 6.07) is 3.78. The van der Waals surface area contributed by atoms with Gasteiger partial charge in [0.2, 0.25) is 29.5 Å². The Bertz CT molecular complexity index is 4530. The smallest absolute Gasteiger partial charge is 0.330 e. The van der Waals surface area contributed by atoms with Crippen molar-refractivity contribution in [2.24, 2.45) is 0 Å². The lowest BCUT2D eigenvalue weighted by molar-refractivity contribution is -0.141. The minimum atomic E-state index is -1.03. The van der Waals surface area contributed by atoms with E-state index in [9.17, 15) is 57.5 Å². The molecule has 9 rings (SSSR count). The van der Waals surface area contributed by atoms with Gasteiger partial charge in [-0.1, -0.05) is 13.8 Å². The van der Waals surface area contributed by atoms with Crippen molar-refractivity contribution in [3.05, 3.63) is 106 Å². The molecule has 7 aliphatic rings. The first-order chi connectivity index (χ1) is 61.7. The molecule has 7 aliphatic heterocycles. The van der Waals surface area contributed by atoms with Crippen LogP contribution in [0.4, 0.5) is 0 Å². The van der Waals surface area contributed by atoms with E-state index in [0.717, 1.165) is 38.7 Å². The molecule has 8 N–H and O–H groups in total. The standard InChI is InChI=1S/C81H116N12O23.C7H7NO4/c1-9-59-53(2)63-51-67-60(11-15-73(100)116-49-48-115-37-34-108-31-26-94)54(3)62(87-67)50-64-55(4)61(76(88-64)75-77-74(56(5)65(89-77)52-66(59)86-63)80(103)93(81(75)104)23-22-91-24-29-107-30-25-91)10-12-70(97)90(8)21-18-83-78(101)57(6)85-79(102)58(7)84-69(96)17-27-105-32-35-109-38-40-111-42-44-113-46-47-114-45-43-112-41-39-110-36-33-106-28-19-82-68(95)16-20-92-71(98)13-14-72(92)99;9-5-1-2-6(10)8(5)4-3-7(11)12/h11,13-15,50-52,55,57-58,61,88-89,94H,9-10,12,16-49H2,1-8H3,(H,82,95)(H,83,101)(H,84,96)(H,85,102);1-2H,3-4H2,(H,11,12)/b15-11+,64-50?,66-52?,67-51?,76-75?;/t55-,57-,58-,61-;/m0./s1. The van der Waals surface area contributed by atoms with Crippen molar-refractivity contribution >= 4 is 110 Å². The number of aryl methyl sites for hydroxylation is 1. The van der Waals surface area contributed by atoms with E-state index in [1.165, 1.54) is 41.9 Å². The molecule has 0 saturated carbocycles. The van der Waals surface area contributed by atoms with Gasteiger partial charge in [0.15, 0.2) is 0 Å². The van der Waals surface area contributed by atoms with E-state index in [0.29, 0.717) is 194 Å². The molecule has 0 spiro atoms. The predicted octanol–water partition coefficient (Wildman–Crippen LogP) is 2.26. The Morgan fingerprint density at radius 3 is 1.63 bits per heavy atom. The highest BCUT2D eigenvalue weighted by Gasteiger charge is 2.41. The lowest BCUT2D eigenvalue weighted by atomic mass is 9.84. The fraction of sp³-hybridized carbons (Fsp3) is 0.580. The van der Waals surface area contributed by atoms with Crippen LogP contribution in [0.25, 0.3) is 33.3 Å². The summed E-state index contributed by atoms with van der Waals surface area (Å²) >= 11 is 0. The minimum Gasteiger partial charge on any atom is -0.481 e. The fourth-order valence-corrected chi connectivity index (χ4v) is 14.2. The van der Waals surface area contributed by atoms with Crippen molar-refractivity contribution in [3.63, 3.8) is 0 Å². The number of amides is 11. The Kier molecular flexibility index (Phi) is 43.8.